The molecule has 0 spiro atoms. The highest BCUT2D eigenvalue weighted by atomic mass is 35.5. The smallest absolute Gasteiger partial charge is 0.134 e. The number of nitrogens with zero attached hydrogens (tertiary/aromatic N) is 4. The lowest BCUT2D eigenvalue weighted by atomic mass is 9.78. The molecule has 24 heavy (non-hydrogen) atoms. The molecule has 2 heterocycles. The van der Waals surface area contributed by atoms with E-state index in [1.54, 1.807) is 0 Å². The Hall–Kier alpha value is -0.620. The standard InChI is InChI=1S/C17H27N5.2ClH/c1-21-5-2-6-22(8-7-21)16-11-15(13-9-14(18)10-13)19-17(20-16)12-3-4-12;;/h11-14H,2-10,18H2,1H3;2*1H. The van der Waals surface area contributed by atoms with E-state index in [2.05, 4.69) is 22.9 Å². The van der Waals surface area contributed by atoms with E-state index in [-0.39, 0.29) is 24.8 Å². The second-order valence-electron chi connectivity index (χ2n) is 7.36. The third-order valence-corrected chi connectivity index (χ3v) is 5.33. The van der Waals surface area contributed by atoms with Gasteiger partial charge < -0.3 is 15.5 Å². The Morgan fingerprint density at radius 2 is 1.75 bits per heavy atom. The van der Waals surface area contributed by atoms with Crippen molar-refractivity contribution < 1.29 is 0 Å². The molecule has 0 aromatic carbocycles. The van der Waals surface area contributed by atoms with Gasteiger partial charge in [-0.1, -0.05) is 0 Å². The van der Waals surface area contributed by atoms with Crippen molar-refractivity contribution in [1.29, 1.82) is 0 Å². The van der Waals surface area contributed by atoms with E-state index < -0.39 is 0 Å². The lowest BCUT2D eigenvalue weighted by molar-refractivity contribution is 0.344. The van der Waals surface area contributed by atoms with Crippen LogP contribution in [-0.4, -0.2) is 54.1 Å². The zero-order valence-corrected chi connectivity index (χ0v) is 16.0. The van der Waals surface area contributed by atoms with Gasteiger partial charge in [0.2, 0.25) is 0 Å². The van der Waals surface area contributed by atoms with E-state index >= 15 is 0 Å². The SMILES string of the molecule is CN1CCCN(c2cc(C3CC(N)C3)nc(C3CC3)n2)CC1.Cl.Cl. The zero-order valence-electron chi connectivity index (χ0n) is 14.4. The summed E-state index contributed by atoms with van der Waals surface area (Å²) in [4.78, 5) is 14.7. The van der Waals surface area contributed by atoms with Crippen molar-refractivity contribution in [3.05, 3.63) is 17.6 Å². The molecule has 0 amide bonds. The molecule has 136 valence electrons. The van der Waals surface area contributed by atoms with Gasteiger partial charge in [0.15, 0.2) is 0 Å². The average molecular weight is 374 g/mol. The Morgan fingerprint density at radius 1 is 1.00 bits per heavy atom. The van der Waals surface area contributed by atoms with Crippen molar-refractivity contribution in [2.24, 2.45) is 5.73 Å². The molecule has 2 N–H and O–H groups in total. The van der Waals surface area contributed by atoms with Crippen molar-refractivity contribution in [1.82, 2.24) is 14.9 Å². The fraction of sp³-hybridized carbons (Fsp3) is 0.765. The van der Waals surface area contributed by atoms with Crippen molar-refractivity contribution in [2.75, 3.05) is 38.1 Å². The van der Waals surface area contributed by atoms with Crippen LogP contribution in [0.5, 0.6) is 0 Å². The average Bonchev–Trinajstić information content (AvgIpc) is 3.31. The normalized spacial score (nSPS) is 27.5. The number of anilines is 1. The van der Waals surface area contributed by atoms with Gasteiger partial charge in [-0.25, -0.2) is 9.97 Å². The van der Waals surface area contributed by atoms with Crippen LogP contribution in [0.15, 0.2) is 6.07 Å². The molecule has 1 aromatic rings. The first kappa shape index (κ1) is 19.7. The van der Waals surface area contributed by atoms with Crippen molar-refractivity contribution in [3.63, 3.8) is 0 Å². The van der Waals surface area contributed by atoms with Gasteiger partial charge in [-0.3, -0.25) is 0 Å². The Labute approximate surface area is 157 Å². The second kappa shape index (κ2) is 8.17. The molecule has 2 saturated carbocycles. The quantitative estimate of drug-likeness (QED) is 0.881. The van der Waals surface area contributed by atoms with Crippen LogP contribution in [-0.2, 0) is 0 Å². The summed E-state index contributed by atoms with van der Waals surface area (Å²) in [5, 5.41) is 0. The second-order valence-corrected chi connectivity index (χ2v) is 7.36. The monoisotopic (exact) mass is 373 g/mol. The molecule has 0 unspecified atom stereocenters. The number of rotatable bonds is 3. The number of hydrogen-bond acceptors (Lipinski definition) is 5. The van der Waals surface area contributed by atoms with Gasteiger partial charge in [0, 0.05) is 49.3 Å². The summed E-state index contributed by atoms with van der Waals surface area (Å²) in [7, 11) is 2.21. The molecule has 2 aliphatic carbocycles. The molecule has 3 aliphatic rings. The Kier molecular flexibility index (Phi) is 6.71. The number of halogens is 2. The van der Waals surface area contributed by atoms with E-state index in [0.29, 0.717) is 17.9 Å². The van der Waals surface area contributed by atoms with Crippen LogP contribution in [0.4, 0.5) is 5.82 Å². The van der Waals surface area contributed by atoms with Gasteiger partial charge in [-0.05, 0) is 45.7 Å². The lowest BCUT2D eigenvalue weighted by Gasteiger charge is -2.33. The summed E-state index contributed by atoms with van der Waals surface area (Å²) in [5.74, 6) is 3.42. The van der Waals surface area contributed by atoms with Gasteiger partial charge in [-0.15, -0.1) is 24.8 Å². The van der Waals surface area contributed by atoms with Gasteiger partial charge in [0.05, 0.1) is 0 Å². The molecule has 1 aromatic heterocycles. The van der Waals surface area contributed by atoms with Gasteiger partial charge in [-0.2, -0.15) is 0 Å². The number of nitrogens with two attached hydrogens (primary N) is 1. The summed E-state index contributed by atoms with van der Waals surface area (Å²) >= 11 is 0. The van der Waals surface area contributed by atoms with E-state index in [4.69, 9.17) is 15.7 Å². The van der Waals surface area contributed by atoms with E-state index in [1.165, 1.54) is 31.5 Å². The van der Waals surface area contributed by atoms with Crippen LogP contribution in [0.3, 0.4) is 0 Å². The lowest BCUT2D eigenvalue weighted by Crippen LogP contribution is -2.35. The summed E-state index contributed by atoms with van der Waals surface area (Å²) in [5.41, 5.74) is 7.22. The van der Waals surface area contributed by atoms with Crippen LogP contribution >= 0.6 is 24.8 Å². The summed E-state index contributed by atoms with van der Waals surface area (Å²) in [6, 6.07) is 2.62. The molecule has 1 aliphatic heterocycles. The molecule has 5 nitrogen and oxygen atoms in total. The Morgan fingerprint density at radius 3 is 2.42 bits per heavy atom. The Balaban J connectivity index is 0.00000104. The predicted molar refractivity (Wildman–Crippen MR) is 103 cm³/mol. The molecule has 4 rings (SSSR count). The molecular weight excluding hydrogens is 345 g/mol. The number of aromatic nitrogens is 2. The molecule has 3 fully saturated rings. The first-order valence-corrected chi connectivity index (χ1v) is 8.77. The minimum atomic E-state index is 0. The van der Waals surface area contributed by atoms with Crippen molar-refractivity contribution in [2.45, 2.75) is 50.0 Å². The van der Waals surface area contributed by atoms with Crippen LogP contribution in [0.2, 0.25) is 0 Å². The van der Waals surface area contributed by atoms with E-state index in [1.807, 2.05) is 0 Å². The maximum atomic E-state index is 5.97. The van der Waals surface area contributed by atoms with E-state index in [9.17, 15) is 0 Å². The van der Waals surface area contributed by atoms with Crippen LogP contribution < -0.4 is 10.6 Å². The third-order valence-electron chi connectivity index (χ3n) is 5.33. The van der Waals surface area contributed by atoms with E-state index in [0.717, 1.165) is 44.1 Å². The molecule has 0 bridgehead atoms. The molecule has 0 radical (unpaired) electrons. The van der Waals surface area contributed by atoms with Crippen LogP contribution in [0.25, 0.3) is 0 Å². The fourth-order valence-corrected chi connectivity index (χ4v) is 3.55. The highest BCUT2D eigenvalue weighted by molar-refractivity contribution is 5.85. The predicted octanol–water partition coefficient (Wildman–Crippen LogP) is 2.54. The highest BCUT2D eigenvalue weighted by Crippen LogP contribution is 2.41. The molecule has 1 saturated heterocycles. The minimum absolute atomic E-state index is 0. The maximum Gasteiger partial charge on any atom is 0.134 e. The summed E-state index contributed by atoms with van der Waals surface area (Å²) in [6.07, 6.45) is 5.90. The van der Waals surface area contributed by atoms with Gasteiger partial charge >= 0.3 is 0 Å². The topological polar surface area (TPSA) is 58.3 Å². The van der Waals surface area contributed by atoms with Crippen LogP contribution in [0, 0.1) is 0 Å². The third kappa shape index (κ3) is 4.31. The number of hydrogen-bond donors (Lipinski definition) is 1. The molecule has 0 atom stereocenters. The fourth-order valence-electron chi connectivity index (χ4n) is 3.55. The van der Waals surface area contributed by atoms with Crippen molar-refractivity contribution >= 4 is 30.6 Å². The zero-order chi connectivity index (χ0) is 15.1. The Bertz CT molecular complexity index is 546. The molecular formula is C17H29Cl2N5. The maximum absolute atomic E-state index is 5.97. The number of likely N-dealkylation sites (N-methyl/N-ethyl adjacent to an activating group) is 1. The summed E-state index contributed by atoms with van der Waals surface area (Å²) in [6.45, 7) is 4.48. The first-order chi connectivity index (χ1) is 10.7. The largest absolute Gasteiger partial charge is 0.355 e. The molecule has 7 heteroatoms. The van der Waals surface area contributed by atoms with Crippen LogP contribution in [0.1, 0.15) is 55.5 Å². The van der Waals surface area contributed by atoms with Gasteiger partial charge in [0.25, 0.3) is 0 Å². The van der Waals surface area contributed by atoms with Crippen molar-refractivity contribution in [3.8, 4) is 0 Å². The summed E-state index contributed by atoms with van der Waals surface area (Å²) < 4.78 is 0. The van der Waals surface area contributed by atoms with Gasteiger partial charge in [0.1, 0.15) is 11.6 Å². The first-order valence-electron chi connectivity index (χ1n) is 8.77. The highest BCUT2D eigenvalue weighted by Gasteiger charge is 2.32. The minimum Gasteiger partial charge on any atom is -0.355 e.